The number of hydrogen-bond donors (Lipinski definition) is 2. The lowest BCUT2D eigenvalue weighted by Gasteiger charge is -2.32. The average Bonchev–Trinajstić information content (AvgIpc) is 2.32. The van der Waals surface area contributed by atoms with Crippen molar-refractivity contribution < 1.29 is 18.0 Å². The van der Waals surface area contributed by atoms with Crippen LogP contribution in [0.25, 0.3) is 0 Å². The second-order valence-corrected chi connectivity index (χ2v) is 4.69. The first-order chi connectivity index (χ1) is 9.40. The van der Waals surface area contributed by atoms with E-state index in [2.05, 4.69) is 10.6 Å². The molecule has 0 unspecified atom stereocenters. The SMILES string of the molecule is N#CNC1CC(C(=O)Nc2cccc(C(F)(F)F)c2)C1. The molecule has 4 nitrogen and oxygen atoms in total. The Morgan fingerprint density at radius 1 is 1.35 bits per heavy atom. The van der Waals surface area contributed by atoms with Crippen LogP contribution in [0.4, 0.5) is 18.9 Å². The van der Waals surface area contributed by atoms with Gasteiger partial charge in [-0.25, -0.2) is 0 Å². The summed E-state index contributed by atoms with van der Waals surface area (Å²) < 4.78 is 37.6. The van der Waals surface area contributed by atoms with Crippen LogP contribution in [0.5, 0.6) is 0 Å². The Balaban J connectivity index is 1.94. The van der Waals surface area contributed by atoms with E-state index in [1.165, 1.54) is 12.1 Å². The van der Waals surface area contributed by atoms with Gasteiger partial charge in [-0.15, -0.1) is 0 Å². The maximum absolute atomic E-state index is 12.5. The maximum Gasteiger partial charge on any atom is 0.416 e. The number of nitrogens with zero attached hydrogens (tertiary/aromatic N) is 1. The standard InChI is InChI=1S/C13H12F3N3O/c14-13(15,16)9-2-1-3-10(6-9)19-12(20)8-4-11(5-8)18-7-17/h1-3,6,8,11,18H,4-5H2,(H,19,20). The Kier molecular flexibility index (Phi) is 3.84. The Bertz CT molecular complexity index is 545. The van der Waals surface area contributed by atoms with Gasteiger partial charge in [0.05, 0.1) is 5.56 Å². The number of nitrogens with one attached hydrogen (secondary N) is 2. The maximum atomic E-state index is 12.5. The summed E-state index contributed by atoms with van der Waals surface area (Å²) in [7, 11) is 0. The van der Waals surface area contributed by atoms with Crippen LogP contribution in [0.1, 0.15) is 18.4 Å². The molecule has 0 atom stereocenters. The van der Waals surface area contributed by atoms with Gasteiger partial charge in [0, 0.05) is 17.6 Å². The van der Waals surface area contributed by atoms with Crippen molar-refractivity contribution in [3.8, 4) is 6.19 Å². The summed E-state index contributed by atoms with van der Waals surface area (Å²) in [6.07, 6.45) is -1.61. The molecule has 0 bridgehead atoms. The molecule has 1 aliphatic rings. The summed E-state index contributed by atoms with van der Waals surface area (Å²) >= 11 is 0. The first-order valence-electron chi connectivity index (χ1n) is 6.03. The van der Waals surface area contributed by atoms with Crippen molar-refractivity contribution in [3.05, 3.63) is 29.8 Å². The molecular weight excluding hydrogens is 271 g/mol. The molecule has 2 N–H and O–H groups in total. The predicted molar refractivity (Wildman–Crippen MR) is 65.3 cm³/mol. The zero-order chi connectivity index (χ0) is 14.8. The minimum absolute atomic E-state index is 0.0164. The van der Waals surface area contributed by atoms with Gasteiger partial charge in [-0.05, 0) is 31.0 Å². The van der Waals surface area contributed by atoms with E-state index < -0.39 is 11.7 Å². The van der Waals surface area contributed by atoms with E-state index in [1.807, 2.05) is 0 Å². The monoisotopic (exact) mass is 283 g/mol. The molecule has 2 rings (SSSR count). The van der Waals surface area contributed by atoms with Crippen molar-refractivity contribution in [1.82, 2.24) is 5.32 Å². The summed E-state index contributed by atoms with van der Waals surface area (Å²) in [6.45, 7) is 0. The van der Waals surface area contributed by atoms with Crippen LogP contribution in [0.3, 0.4) is 0 Å². The summed E-state index contributed by atoms with van der Waals surface area (Å²) in [4.78, 5) is 11.8. The van der Waals surface area contributed by atoms with Gasteiger partial charge in [-0.2, -0.15) is 18.4 Å². The second kappa shape index (κ2) is 5.41. The fourth-order valence-electron chi connectivity index (χ4n) is 2.06. The highest BCUT2D eigenvalue weighted by molar-refractivity contribution is 5.93. The van der Waals surface area contributed by atoms with Gasteiger partial charge in [0.25, 0.3) is 0 Å². The van der Waals surface area contributed by atoms with Crippen molar-refractivity contribution >= 4 is 11.6 Å². The van der Waals surface area contributed by atoms with Crippen LogP contribution in [-0.4, -0.2) is 11.9 Å². The molecular formula is C13H12F3N3O. The number of hydrogen-bond acceptors (Lipinski definition) is 3. The molecule has 0 spiro atoms. The topological polar surface area (TPSA) is 64.9 Å². The Morgan fingerprint density at radius 3 is 2.65 bits per heavy atom. The molecule has 1 aliphatic carbocycles. The van der Waals surface area contributed by atoms with Gasteiger partial charge < -0.3 is 10.6 Å². The molecule has 0 aromatic heterocycles. The lowest BCUT2D eigenvalue weighted by atomic mass is 9.79. The minimum atomic E-state index is -4.43. The van der Waals surface area contributed by atoms with Crippen LogP contribution < -0.4 is 10.6 Å². The van der Waals surface area contributed by atoms with Crippen molar-refractivity contribution in [1.29, 1.82) is 5.26 Å². The molecule has 1 aromatic carbocycles. The molecule has 7 heteroatoms. The number of amides is 1. The Morgan fingerprint density at radius 2 is 2.05 bits per heavy atom. The molecule has 20 heavy (non-hydrogen) atoms. The lowest BCUT2D eigenvalue weighted by Crippen LogP contribution is -2.44. The largest absolute Gasteiger partial charge is 0.416 e. The summed E-state index contributed by atoms with van der Waals surface area (Å²) in [5, 5.41) is 13.4. The molecule has 0 saturated heterocycles. The third-order valence-electron chi connectivity index (χ3n) is 3.23. The predicted octanol–water partition coefficient (Wildman–Crippen LogP) is 2.49. The first-order valence-corrected chi connectivity index (χ1v) is 6.03. The van der Waals surface area contributed by atoms with E-state index in [0.717, 1.165) is 12.1 Å². The normalized spacial score (nSPS) is 21.5. The van der Waals surface area contributed by atoms with Gasteiger partial charge >= 0.3 is 6.18 Å². The smallest absolute Gasteiger partial charge is 0.326 e. The lowest BCUT2D eigenvalue weighted by molar-refractivity contribution is -0.137. The number of benzene rings is 1. The average molecular weight is 283 g/mol. The number of carbonyl (C=O) groups is 1. The molecule has 0 heterocycles. The number of anilines is 1. The Hall–Kier alpha value is -2.23. The number of alkyl halides is 3. The van der Waals surface area contributed by atoms with Crippen LogP contribution in [-0.2, 0) is 11.0 Å². The van der Waals surface area contributed by atoms with Gasteiger partial charge in [-0.3, -0.25) is 4.79 Å². The Labute approximate surface area is 113 Å². The van der Waals surface area contributed by atoms with E-state index in [-0.39, 0.29) is 23.6 Å². The minimum Gasteiger partial charge on any atom is -0.326 e. The number of carbonyl (C=O) groups excluding carboxylic acids is 1. The van der Waals surface area contributed by atoms with E-state index in [4.69, 9.17) is 5.26 Å². The number of nitriles is 1. The quantitative estimate of drug-likeness (QED) is 0.661. The molecule has 1 aromatic rings. The number of rotatable bonds is 3. The van der Waals surface area contributed by atoms with Crippen molar-refractivity contribution in [3.63, 3.8) is 0 Å². The number of halogens is 3. The van der Waals surface area contributed by atoms with Crippen LogP contribution in [0.2, 0.25) is 0 Å². The molecule has 1 saturated carbocycles. The van der Waals surface area contributed by atoms with E-state index >= 15 is 0 Å². The van der Waals surface area contributed by atoms with Crippen LogP contribution in [0, 0.1) is 17.4 Å². The summed E-state index contributed by atoms with van der Waals surface area (Å²) in [6, 6.07) is 4.50. The molecule has 1 amide bonds. The van der Waals surface area contributed by atoms with Gasteiger partial charge in [0.1, 0.15) is 0 Å². The van der Waals surface area contributed by atoms with Gasteiger partial charge in [0.2, 0.25) is 5.91 Å². The second-order valence-electron chi connectivity index (χ2n) is 4.69. The van der Waals surface area contributed by atoms with Crippen LogP contribution >= 0.6 is 0 Å². The van der Waals surface area contributed by atoms with Gasteiger partial charge in [0.15, 0.2) is 6.19 Å². The third-order valence-corrected chi connectivity index (χ3v) is 3.23. The molecule has 0 aliphatic heterocycles. The van der Waals surface area contributed by atoms with Crippen LogP contribution in [0.15, 0.2) is 24.3 Å². The van der Waals surface area contributed by atoms with E-state index in [9.17, 15) is 18.0 Å². The first kappa shape index (κ1) is 14.2. The summed E-state index contributed by atoms with van der Waals surface area (Å²) in [5.41, 5.74) is -0.672. The fraction of sp³-hybridized carbons (Fsp3) is 0.385. The molecule has 106 valence electrons. The van der Waals surface area contributed by atoms with E-state index in [0.29, 0.717) is 12.8 Å². The highest BCUT2D eigenvalue weighted by Gasteiger charge is 2.35. The fourth-order valence-corrected chi connectivity index (χ4v) is 2.06. The van der Waals surface area contributed by atoms with Crippen molar-refractivity contribution in [2.24, 2.45) is 5.92 Å². The highest BCUT2D eigenvalue weighted by Crippen LogP contribution is 2.32. The molecule has 0 radical (unpaired) electrons. The molecule has 1 fully saturated rings. The van der Waals surface area contributed by atoms with Gasteiger partial charge in [-0.1, -0.05) is 6.07 Å². The zero-order valence-corrected chi connectivity index (χ0v) is 10.4. The third kappa shape index (κ3) is 3.20. The van der Waals surface area contributed by atoms with Crippen molar-refractivity contribution in [2.45, 2.75) is 25.1 Å². The van der Waals surface area contributed by atoms with E-state index in [1.54, 1.807) is 6.19 Å². The van der Waals surface area contributed by atoms with Crippen molar-refractivity contribution in [2.75, 3.05) is 5.32 Å². The zero-order valence-electron chi connectivity index (χ0n) is 10.4. The highest BCUT2D eigenvalue weighted by atomic mass is 19.4. The summed E-state index contributed by atoms with van der Waals surface area (Å²) in [5.74, 6) is -0.587.